The molecule has 1 aliphatic rings. The minimum absolute atomic E-state index is 0.0417. The van der Waals surface area contributed by atoms with E-state index in [9.17, 15) is 27.2 Å². The molecule has 0 saturated carbocycles. The number of halogens is 4. The lowest BCUT2D eigenvalue weighted by Crippen LogP contribution is -2.52. The molecule has 28 heavy (non-hydrogen) atoms. The summed E-state index contributed by atoms with van der Waals surface area (Å²) in [6.45, 7) is 1.91. The van der Waals surface area contributed by atoms with E-state index in [1.165, 1.54) is 0 Å². The van der Waals surface area contributed by atoms with Crippen molar-refractivity contribution >= 4 is 11.6 Å². The van der Waals surface area contributed by atoms with Crippen molar-refractivity contribution < 1.29 is 36.6 Å². The number of carbonyl (C=O) groups is 2. The summed E-state index contributed by atoms with van der Waals surface area (Å²) in [5, 5.41) is 0. The van der Waals surface area contributed by atoms with Gasteiger partial charge in [0.2, 0.25) is 0 Å². The van der Waals surface area contributed by atoms with Gasteiger partial charge in [0.1, 0.15) is 0 Å². The van der Waals surface area contributed by atoms with Gasteiger partial charge >= 0.3 is 12.2 Å². The summed E-state index contributed by atoms with van der Waals surface area (Å²) < 4.78 is 60.9. The quantitative estimate of drug-likeness (QED) is 0.506. The number of alkyl halides is 4. The Labute approximate surface area is 158 Å². The molecule has 0 saturated heterocycles. The fourth-order valence-electron chi connectivity index (χ4n) is 2.85. The number of aryl methyl sites for hydroxylation is 1. The summed E-state index contributed by atoms with van der Waals surface area (Å²) in [6.07, 6.45) is -9.25. The molecule has 0 spiro atoms. The standard InChI is InChI=1S/C20H16F4O4/c1-2-12-5-3-4-6-14(12)16(26)9-8-15(25)13-7-10-17-18(11-13)28-20(23,24)19(21,22)27-17/h3-7,10-11H,2,8-9H2,1H3. The van der Waals surface area contributed by atoms with Crippen LogP contribution in [0.4, 0.5) is 17.6 Å². The van der Waals surface area contributed by atoms with Gasteiger partial charge in [-0.3, -0.25) is 9.59 Å². The van der Waals surface area contributed by atoms with E-state index in [0.29, 0.717) is 12.0 Å². The molecule has 2 aromatic carbocycles. The van der Waals surface area contributed by atoms with E-state index in [-0.39, 0.29) is 24.2 Å². The molecule has 0 N–H and O–H groups in total. The van der Waals surface area contributed by atoms with Gasteiger partial charge in [-0.1, -0.05) is 31.2 Å². The molecule has 0 amide bonds. The number of carbonyl (C=O) groups excluding carboxylic acids is 2. The zero-order valence-corrected chi connectivity index (χ0v) is 14.8. The molecule has 0 radical (unpaired) electrons. The lowest BCUT2D eigenvalue weighted by Gasteiger charge is -2.31. The Kier molecular flexibility index (Phi) is 5.14. The Morgan fingerprint density at radius 1 is 0.857 bits per heavy atom. The molecule has 1 heterocycles. The van der Waals surface area contributed by atoms with Gasteiger partial charge in [0.05, 0.1) is 0 Å². The smallest absolute Gasteiger partial charge is 0.421 e. The number of hydrogen-bond donors (Lipinski definition) is 0. The molecular formula is C20H16F4O4. The summed E-state index contributed by atoms with van der Waals surface area (Å²) in [6, 6.07) is 10.1. The number of benzene rings is 2. The second kappa shape index (κ2) is 7.26. The molecule has 2 aromatic rings. The number of Topliss-reactive ketones (excluding diaryl/α,β-unsaturated/α-hetero) is 2. The molecule has 4 nitrogen and oxygen atoms in total. The van der Waals surface area contributed by atoms with Crippen LogP contribution in [0.2, 0.25) is 0 Å². The summed E-state index contributed by atoms with van der Waals surface area (Å²) in [7, 11) is 0. The Hall–Kier alpha value is -2.90. The van der Waals surface area contributed by atoms with Crippen LogP contribution >= 0.6 is 0 Å². The molecular weight excluding hydrogens is 380 g/mol. The van der Waals surface area contributed by atoms with E-state index in [1.807, 2.05) is 19.1 Å². The summed E-state index contributed by atoms with van der Waals surface area (Å²) in [5.41, 5.74) is 1.35. The first kappa shape index (κ1) is 19.9. The molecule has 0 bridgehead atoms. The van der Waals surface area contributed by atoms with E-state index in [2.05, 4.69) is 9.47 Å². The highest BCUT2D eigenvalue weighted by atomic mass is 19.3. The van der Waals surface area contributed by atoms with Crippen molar-refractivity contribution in [3.63, 3.8) is 0 Å². The zero-order valence-electron chi connectivity index (χ0n) is 14.8. The first-order valence-electron chi connectivity index (χ1n) is 8.56. The highest BCUT2D eigenvalue weighted by Gasteiger charge is 2.65. The maximum atomic E-state index is 13.3. The van der Waals surface area contributed by atoms with Crippen molar-refractivity contribution in [1.29, 1.82) is 0 Å². The third kappa shape index (κ3) is 3.72. The minimum Gasteiger partial charge on any atom is -0.421 e. The second-order valence-electron chi connectivity index (χ2n) is 6.26. The Morgan fingerprint density at radius 3 is 2.14 bits per heavy atom. The SMILES string of the molecule is CCc1ccccc1C(=O)CCC(=O)c1ccc2c(c1)OC(F)(F)C(F)(F)O2. The van der Waals surface area contributed by atoms with Gasteiger partial charge in [-0.05, 0) is 30.2 Å². The Balaban J connectivity index is 1.72. The zero-order chi connectivity index (χ0) is 20.5. The highest BCUT2D eigenvalue weighted by molar-refractivity contribution is 6.03. The van der Waals surface area contributed by atoms with Crippen LogP contribution in [0.15, 0.2) is 42.5 Å². The van der Waals surface area contributed by atoms with Gasteiger partial charge in [0.25, 0.3) is 0 Å². The molecule has 1 aliphatic heterocycles. The Bertz CT molecular complexity index is 924. The number of hydrogen-bond acceptors (Lipinski definition) is 4. The van der Waals surface area contributed by atoms with Crippen LogP contribution in [-0.4, -0.2) is 23.8 Å². The molecule has 0 atom stereocenters. The summed E-state index contributed by atoms with van der Waals surface area (Å²) in [5.74, 6) is -1.98. The number of rotatable bonds is 6. The maximum Gasteiger partial charge on any atom is 0.507 e. The van der Waals surface area contributed by atoms with Gasteiger partial charge in [-0.2, -0.15) is 17.6 Å². The van der Waals surface area contributed by atoms with Gasteiger partial charge in [0, 0.05) is 24.0 Å². The predicted octanol–water partition coefficient (Wildman–Crippen LogP) is 5.05. The van der Waals surface area contributed by atoms with Crippen molar-refractivity contribution in [2.75, 3.05) is 0 Å². The fraction of sp³-hybridized carbons (Fsp3) is 0.300. The normalized spacial score (nSPS) is 16.5. The predicted molar refractivity (Wildman–Crippen MR) is 91.3 cm³/mol. The lowest BCUT2D eigenvalue weighted by molar-refractivity contribution is -0.391. The number of ether oxygens (including phenoxy) is 2. The van der Waals surface area contributed by atoms with Crippen LogP contribution < -0.4 is 9.47 Å². The molecule has 0 fully saturated rings. The second-order valence-corrected chi connectivity index (χ2v) is 6.26. The van der Waals surface area contributed by atoms with Crippen molar-refractivity contribution in [2.45, 2.75) is 38.4 Å². The molecule has 3 rings (SSSR count). The fourth-order valence-corrected chi connectivity index (χ4v) is 2.85. The summed E-state index contributed by atoms with van der Waals surface area (Å²) >= 11 is 0. The van der Waals surface area contributed by atoms with Crippen molar-refractivity contribution in [2.24, 2.45) is 0 Å². The average Bonchev–Trinajstić information content (AvgIpc) is 2.65. The van der Waals surface area contributed by atoms with Gasteiger partial charge in [0.15, 0.2) is 23.1 Å². The topological polar surface area (TPSA) is 52.6 Å². The van der Waals surface area contributed by atoms with Crippen LogP contribution in [-0.2, 0) is 6.42 Å². The van der Waals surface area contributed by atoms with E-state index in [4.69, 9.17) is 0 Å². The third-order valence-corrected chi connectivity index (χ3v) is 4.36. The Morgan fingerprint density at radius 2 is 1.46 bits per heavy atom. The highest BCUT2D eigenvalue weighted by Crippen LogP contribution is 2.47. The van der Waals surface area contributed by atoms with Crippen LogP contribution in [0, 0.1) is 0 Å². The van der Waals surface area contributed by atoms with Crippen LogP contribution in [0.25, 0.3) is 0 Å². The van der Waals surface area contributed by atoms with E-state index in [1.54, 1.807) is 12.1 Å². The van der Waals surface area contributed by atoms with Crippen LogP contribution in [0.5, 0.6) is 11.5 Å². The first-order chi connectivity index (χ1) is 13.1. The monoisotopic (exact) mass is 396 g/mol. The molecule has 148 valence electrons. The molecule has 0 aromatic heterocycles. The van der Waals surface area contributed by atoms with E-state index < -0.39 is 29.5 Å². The van der Waals surface area contributed by atoms with E-state index >= 15 is 0 Å². The number of ketones is 2. The van der Waals surface area contributed by atoms with Gasteiger partial charge in [-0.25, -0.2) is 0 Å². The first-order valence-corrected chi connectivity index (χ1v) is 8.56. The van der Waals surface area contributed by atoms with Gasteiger partial charge in [-0.15, -0.1) is 0 Å². The maximum absolute atomic E-state index is 13.3. The average molecular weight is 396 g/mol. The van der Waals surface area contributed by atoms with Crippen LogP contribution in [0.1, 0.15) is 46.0 Å². The summed E-state index contributed by atoms with van der Waals surface area (Å²) in [4.78, 5) is 24.7. The van der Waals surface area contributed by atoms with Crippen molar-refractivity contribution in [3.8, 4) is 11.5 Å². The molecule has 8 heteroatoms. The largest absolute Gasteiger partial charge is 0.507 e. The van der Waals surface area contributed by atoms with Crippen molar-refractivity contribution in [1.82, 2.24) is 0 Å². The number of fused-ring (bicyclic) bond motifs is 1. The van der Waals surface area contributed by atoms with E-state index in [0.717, 1.165) is 23.8 Å². The molecule has 0 unspecified atom stereocenters. The van der Waals surface area contributed by atoms with Crippen LogP contribution in [0.3, 0.4) is 0 Å². The van der Waals surface area contributed by atoms with Crippen molar-refractivity contribution in [3.05, 3.63) is 59.2 Å². The lowest BCUT2D eigenvalue weighted by atomic mass is 9.97. The van der Waals surface area contributed by atoms with Gasteiger partial charge < -0.3 is 9.47 Å². The third-order valence-electron chi connectivity index (χ3n) is 4.36. The molecule has 0 aliphatic carbocycles. The minimum atomic E-state index is -4.86.